The van der Waals surface area contributed by atoms with Crippen LogP contribution in [0.15, 0.2) is 164 Å². The van der Waals surface area contributed by atoms with Crippen LogP contribution in [0.4, 0.5) is 0 Å². The molecule has 0 N–H and O–H groups in total. The van der Waals surface area contributed by atoms with Crippen molar-refractivity contribution in [2.45, 2.75) is 19.3 Å². The lowest BCUT2D eigenvalue weighted by atomic mass is 9.91. The van der Waals surface area contributed by atoms with E-state index in [9.17, 15) is 0 Å². The Hall–Kier alpha value is -5.60. The topological polar surface area (TPSA) is 14.2 Å². The summed E-state index contributed by atoms with van der Waals surface area (Å²) >= 11 is 0. The van der Waals surface area contributed by atoms with Crippen molar-refractivity contribution in [2.24, 2.45) is 0 Å². The van der Waals surface area contributed by atoms with Crippen molar-refractivity contribution in [3.8, 4) is 28.0 Å². The lowest BCUT2D eigenvalue weighted by Gasteiger charge is -2.16. The zero-order valence-corrected chi connectivity index (χ0v) is 25.1. The third-order valence-corrected chi connectivity index (χ3v) is 8.82. The fraction of sp³-hybridized carbons (Fsp3) is 0.0698. The largest absolute Gasteiger partial charge is 0.458 e. The lowest BCUT2D eigenvalue weighted by Crippen LogP contribution is -2.02. The molecule has 0 atom stereocenters. The third-order valence-electron chi connectivity index (χ3n) is 8.82. The van der Waals surface area contributed by atoms with Gasteiger partial charge in [-0.1, -0.05) is 110 Å². The molecule has 0 bridgehead atoms. The van der Waals surface area contributed by atoms with Crippen molar-refractivity contribution < 1.29 is 4.74 Å². The van der Waals surface area contributed by atoms with Crippen LogP contribution in [0, 0.1) is 0 Å². The van der Waals surface area contributed by atoms with E-state index >= 15 is 0 Å². The third kappa shape index (κ3) is 5.15. The standard InChI is InChI=1S/C43H33NO/c1-30-13-12-19-38(28-34-18-8-11-22-43(34)45-30)44-41-21-10-9-20-39(41)40-24-23-33(29-42(40)44)37-26-35(31-14-4-2-5-15-31)25-36(27-37)32-16-6-3-7-17-32/h2,4-6,8-27,29H,1,3,7,28H2/b13-12-,38-19+. The van der Waals surface area contributed by atoms with Gasteiger partial charge in [-0.3, -0.25) is 0 Å². The summed E-state index contributed by atoms with van der Waals surface area (Å²) in [5, 5.41) is 2.49. The van der Waals surface area contributed by atoms with Crippen LogP contribution in [0.3, 0.4) is 0 Å². The number of allylic oxidation sites excluding steroid dienone is 8. The van der Waals surface area contributed by atoms with E-state index in [-0.39, 0.29) is 0 Å². The summed E-state index contributed by atoms with van der Waals surface area (Å²) in [6, 6.07) is 41.6. The molecule has 0 saturated heterocycles. The van der Waals surface area contributed by atoms with Gasteiger partial charge in [-0.05, 0) is 94.8 Å². The molecule has 2 heteroatoms. The van der Waals surface area contributed by atoms with Gasteiger partial charge in [-0.2, -0.15) is 0 Å². The van der Waals surface area contributed by atoms with Crippen molar-refractivity contribution in [3.05, 3.63) is 175 Å². The molecular weight excluding hydrogens is 546 g/mol. The molecule has 6 aromatic rings. The Labute approximate surface area is 264 Å². The minimum absolute atomic E-state index is 0.626. The maximum Gasteiger partial charge on any atom is 0.130 e. The Morgan fingerprint density at radius 1 is 0.600 bits per heavy atom. The molecule has 0 radical (unpaired) electrons. The number of para-hydroxylation sites is 2. The number of aromatic nitrogens is 1. The minimum atomic E-state index is 0.626. The first kappa shape index (κ1) is 27.0. The Balaban J connectivity index is 1.34. The highest BCUT2D eigenvalue weighted by atomic mass is 16.5. The fourth-order valence-corrected chi connectivity index (χ4v) is 6.64. The maximum atomic E-state index is 6.11. The zero-order chi connectivity index (χ0) is 30.2. The van der Waals surface area contributed by atoms with Crippen LogP contribution in [0.2, 0.25) is 0 Å². The summed E-state index contributed by atoms with van der Waals surface area (Å²) < 4.78 is 8.54. The second-order valence-electron chi connectivity index (χ2n) is 11.8. The van der Waals surface area contributed by atoms with Gasteiger partial charge in [0.2, 0.25) is 0 Å². The molecule has 45 heavy (non-hydrogen) atoms. The molecule has 8 rings (SSSR count). The minimum Gasteiger partial charge on any atom is -0.458 e. The molecule has 0 amide bonds. The molecule has 0 fully saturated rings. The molecular formula is C43H33NO. The van der Waals surface area contributed by atoms with E-state index in [1.165, 1.54) is 60.9 Å². The first-order chi connectivity index (χ1) is 22.2. The van der Waals surface area contributed by atoms with Crippen LogP contribution in [-0.4, -0.2) is 4.57 Å². The molecule has 2 nitrogen and oxygen atoms in total. The first-order valence-electron chi connectivity index (χ1n) is 15.6. The van der Waals surface area contributed by atoms with E-state index in [2.05, 4.69) is 145 Å². The van der Waals surface area contributed by atoms with Gasteiger partial charge in [0, 0.05) is 28.5 Å². The molecule has 216 valence electrons. The molecule has 0 spiro atoms. The Kier molecular flexibility index (Phi) is 6.88. The highest BCUT2D eigenvalue weighted by molar-refractivity contribution is 6.11. The van der Waals surface area contributed by atoms with Crippen molar-refractivity contribution in [1.29, 1.82) is 0 Å². The number of ether oxygens (including phenoxy) is 1. The van der Waals surface area contributed by atoms with Crippen LogP contribution >= 0.6 is 0 Å². The average molecular weight is 580 g/mol. The number of nitrogens with zero attached hydrogens (tertiary/aromatic N) is 1. The highest BCUT2D eigenvalue weighted by Gasteiger charge is 2.18. The number of benzene rings is 5. The number of hydrogen-bond acceptors (Lipinski definition) is 1. The first-order valence-corrected chi connectivity index (χ1v) is 15.6. The Bertz CT molecular complexity index is 2220. The van der Waals surface area contributed by atoms with E-state index in [4.69, 9.17) is 4.74 Å². The smallest absolute Gasteiger partial charge is 0.130 e. The Morgan fingerprint density at radius 3 is 2.22 bits per heavy atom. The van der Waals surface area contributed by atoms with Gasteiger partial charge in [-0.25, -0.2) is 0 Å². The van der Waals surface area contributed by atoms with Gasteiger partial charge in [0.05, 0.1) is 11.0 Å². The van der Waals surface area contributed by atoms with Crippen LogP contribution < -0.4 is 4.74 Å². The van der Waals surface area contributed by atoms with Crippen LogP contribution in [0.1, 0.15) is 24.0 Å². The number of rotatable bonds is 4. The summed E-state index contributed by atoms with van der Waals surface area (Å²) in [6.07, 6.45) is 16.0. The summed E-state index contributed by atoms with van der Waals surface area (Å²) in [4.78, 5) is 0. The molecule has 0 unspecified atom stereocenters. The van der Waals surface area contributed by atoms with Crippen molar-refractivity contribution in [3.63, 3.8) is 0 Å². The van der Waals surface area contributed by atoms with Crippen LogP contribution in [0.25, 0.3) is 55.3 Å². The molecule has 1 aliphatic carbocycles. The molecule has 1 aliphatic heterocycles. The maximum absolute atomic E-state index is 6.11. The van der Waals surface area contributed by atoms with Gasteiger partial charge < -0.3 is 9.30 Å². The monoisotopic (exact) mass is 579 g/mol. The highest BCUT2D eigenvalue weighted by Crippen LogP contribution is 2.38. The predicted molar refractivity (Wildman–Crippen MR) is 190 cm³/mol. The zero-order valence-electron chi connectivity index (χ0n) is 25.1. The predicted octanol–water partition coefficient (Wildman–Crippen LogP) is 11.4. The van der Waals surface area contributed by atoms with Crippen LogP contribution in [-0.2, 0) is 6.42 Å². The van der Waals surface area contributed by atoms with Gasteiger partial charge in [0.25, 0.3) is 0 Å². The van der Waals surface area contributed by atoms with E-state index < -0.39 is 0 Å². The molecule has 0 saturated carbocycles. The van der Waals surface area contributed by atoms with Gasteiger partial charge in [0.1, 0.15) is 11.5 Å². The summed E-state index contributed by atoms with van der Waals surface area (Å²) in [6.45, 7) is 4.11. The fourth-order valence-electron chi connectivity index (χ4n) is 6.64. The van der Waals surface area contributed by atoms with E-state index in [0.717, 1.165) is 30.6 Å². The van der Waals surface area contributed by atoms with Crippen molar-refractivity contribution in [1.82, 2.24) is 4.57 Å². The number of fused-ring (bicyclic) bond motifs is 4. The van der Waals surface area contributed by atoms with Crippen LogP contribution in [0.5, 0.6) is 5.75 Å². The SMILES string of the molecule is C=C1/C=C\C=C(\n2c3ccccc3c3ccc(-c4cc(C5=CCCC=C5)cc(-c5ccccc5)c4)cc32)Cc2ccccc2O1. The number of hydrogen-bond donors (Lipinski definition) is 0. The normalized spacial score (nSPS) is 16.6. The van der Waals surface area contributed by atoms with Crippen molar-refractivity contribution >= 4 is 33.1 Å². The molecule has 1 aromatic heterocycles. The van der Waals surface area contributed by atoms with E-state index in [1.54, 1.807) is 0 Å². The summed E-state index contributed by atoms with van der Waals surface area (Å²) in [7, 11) is 0. The van der Waals surface area contributed by atoms with E-state index in [1.807, 2.05) is 18.2 Å². The van der Waals surface area contributed by atoms with Gasteiger partial charge in [0.15, 0.2) is 0 Å². The average Bonchev–Trinajstić information content (AvgIpc) is 3.46. The van der Waals surface area contributed by atoms with Gasteiger partial charge in [-0.15, -0.1) is 0 Å². The molecule has 5 aromatic carbocycles. The Morgan fingerprint density at radius 2 is 1.36 bits per heavy atom. The molecule has 2 heterocycles. The summed E-state index contributed by atoms with van der Waals surface area (Å²) in [5.74, 6) is 1.47. The quantitative estimate of drug-likeness (QED) is 0.203. The van der Waals surface area contributed by atoms with E-state index in [0.29, 0.717) is 5.76 Å². The second-order valence-corrected chi connectivity index (χ2v) is 11.8. The lowest BCUT2D eigenvalue weighted by molar-refractivity contribution is 0.443. The second kappa shape index (κ2) is 11.5. The van der Waals surface area contributed by atoms with Crippen molar-refractivity contribution in [2.75, 3.05) is 0 Å². The summed E-state index contributed by atoms with van der Waals surface area (Å²) in [5.41, 5.74) is 12.1. The molecule has 2 aliphatic rings. The van der Waals surface area contributed by atoms with Gasteiger partial charge >= 0.3 is 0 Å².